The zero-order valence-corrected chi connectivity index (χ0v) is 19.2. The normalized spacial score (nSPS) is 15.9. The van der Waals surface area contributed by atoms with Crippen molar-refractivity contribution in [3.8, 4) is 11.4 Å². The molecular formula is C25H24FN7O2. The number of aryl methyl sites for hydroxylation is 1. The van der Waals surface area contributed by atoms with E-state index >= 15 is 0 Å². The van der Waals surface area contributed by atoms with Gasteiger partial charge in [-0.25, -0.2) is 14.4 Å². The number of ether oxygens (including phenoxy) is 1. The average molecular weight is 474 g/mol. The number of aromatic nitrogens is 4. The van der Waals surface area contributed by atoms with Crippen LogP contribution in [0.2, 0.25) is 0 Å². The zero-order valence-electron chi connectivity index (χ0n) is 19.2. The van der Waals surface area contributed by atoms with Gasteiger partial charge in [-0.15, -0.1) is 0 Å². The minimum absolute atomic E-state index is 0.189. The van der Waals surface area contributed by atoms with Crippen molar-refractivity contribution in [3.63, 3.8) is 0 Å². The molecule has 1 amide bonds. The second-order valence-corrected chi connectivity index (χ2v) is 8.77. The molecule has 1 fully saturated rings. The number of morpholine rings is 1. The lowest BCUT2D eigenvalue weighted by atomic mass is 10.1. The van der Waals surface area contributed by atoms with Gasteiger partial charge in [-0.1, -0.05) is 6.07 Å². The summed E-state index contributed by atoms with van der Waals surface area (Å²) in [6, 6.07) is 5.63. The van der Waals surface area contributed by atoms with Crippen LogP contribution in [-0.4, -0.2) is 56.5 Å². The third kappa shape index (κ3) is 3.90. The lowest BCUT2D eigenvalue weighted by molar-refractivity contribution is 0.0341. The SMILES string of the molecule is Cc1ccn2c(-c3ncc(Nc4ccc(CN5CCOCC5)cn4)c4c3CNC4=O)cnc2c1F. The highest BCUT2D eigenvalue weighted by atomic mass is 19.1. The van der Waals surface area contributed by atoms with Gasteiger partial charge in [0.05, 0.1) is 48.2 Å². The molecule has 2 aliphatic heterocycles. The van der Waals surface area contributed by atoms with E-state index in [4.69, 9.17) is 4.74 Å². The molecule has 0 aliphatic carbocycles. The number of rotatable bonds is 5. The second-order valence-electron chi connectivity index (χ2n) is 8.77. The molecule has 0 unspecified atom stereocenters. The van der Waals surface area contributed by atoms with Gasteiger partial charge in [-0.05, 0) is 30.2 Å². The first-order valence-electron chi connectivity index (χ1n) is 11.5. The Bertz CT molecular complexity index is 1430. The first kappa shape index (κ1) is 21.6. The van der Waals surface area contributed by atoms with Crippen LogP contribution in [-0.2, 0) is 17.8 Å². The van der Waals surface area contributed by atoms with Crippen molar-refractivity contribution in [1.82, 2.24) is 29.6 Å². The van der Waals surface area contributed by atoms with Gasteiger partial charge in [0.2, 0.25) is 0 Å². The second kappa shape index (κ2) is 8.71. The van der Waals surface area contributed by atoms with E-state index in [-0.39, 0.29) is 17.4 Å². The van der Waals surface area contributed by atoms with Crippen LogP contribution in [0.5, 0.6) is 0 Å². The molecule has 35 heavy (non-hydrogen) atoms. The minimum atomic E-state index is -0.369. The Kier molecular flexibility index (Phi) is 5.39. The fraction of sp³-hybridized carbons (Fsp3) is 0.280. The maximum atomic E-state index is 14.5. The van der Waals surface area contributed by atoms with Crippen molar-refractivity contribution >= 4 is 23.1 Å². The van der Waals surface area contributed by atoms with E-state index < -0.39 is 0 Å². The Morgan fingerprint density at radius 1 is 1.11 bits per heavy atom. The number of carbonyl (C=O) groups excluding carboxylic acids is 1. The molecule has 4 aromatic rings. The molecule has 0 atom stereocenters. The van der Waals surface area contributed by atoms with Crippen molar-refractivity contribution in [2.45, 2.75) is 20.0 Å². The Morgan fingerprint density at radius 3 is 2.77 bits per heavy atom. The molecule has 9 nitrogen and oxygen atoms in total. The summed E-state index contributed by atoms with van der Waals surface area (Å²) in [5.41, 5.74) is 4.91. The molecule has 0 radical (unpaired) electrons. The molecule has 0 bridgehead atoms. The summed E-state index contributed by atoms with van der Waals surface area (Å²) >= 11 is 0. The van der Waals surface area contributed by atoms with Gasteiger partial charge in [0.25, 0.3) is 5.91 Å². The summed E-state index contributed by atoms with van der Waals surface area (Å²) < 4.78 is 21.6. The fourth-order valence-corrected chi connectivity index (χ4v) is 4.59. The van der Waals surface area contributed by atoms with Gasteiger partial charge in [0.1, 0.15) is 5.82 Å². The molecule has 2 aliphatic rings. The number of carbonyl (C=O) groups is 1. The average Bonchev–Trinajstić information content (AvgIpc) is 3.48. The fourth-order valence-electron chi connectivity index (χ4n) is 4.59. The number of pyridine rings is 3. The Labute approximate surface area is 201 Å². The van der Waals surface area contributed by atoms with Crippen molar-refractivity contribution in [3.05, 3.63) is 71.1 Å². The number of halogens is 1. The third-order valence-electron chi connectivity index (χ3n) is 6.49. The highest BCUT2D eigenvalue weighted by molar-refractivity contribution is 6.05. The molecule has 0 aromatic carbocycles. The van der Waals surface area contributed by atoms with E-state index in [9.17, 15) is 9.18 Å². The number of anilines is 2. The molecule has 0 spiro atoms. The number of amides is 1. The molecular weight excluding hydrogens is 449 g/mol. The lowest BCUT2D eigenvalue weighted by Gasteiger charge is -2.26. The largest absolute Gasteiger partial charge is 0.379 e. The summed E-state index contributed by atoms with van der Waals surface area (Å²) in [7, 11) is 0. The van der Waals surface area contributed by atoms with Gasteiger partial charge < -0.3 is 15.4 Å². The Hall–Kier alpha value is -3.89. The van der Waals surface area contributed by atoms with E-state index in [0.29, 0.717) is 40.6 Å². The maximum Gasteiger partial charge on any atom is 0.254 e. The monoisotopic (exact) mass is 473 g/mol. The molecule has 4 aromatic heterocycles. The quantitative estimate of drug-likeness (QED) is 0.460. The number of hydrogen-bond donors (Lipinski definition) is 2. The number of nitrogens with zero attached hydrogens (tertiary/aromatic N) is 5. The molecule has 6 rings (SSSR count). The van der Waals surface area contributed by atoms with Crippen LogP contribution in [0.25, 0.3) is 17.0 Å². The van der Waals surface area contributed by atoms with E-state index in [1.54, 1.807) is 36.0 Å². The predicted octanol–water partition coefficient (Wildman–Crippen LogP) is 3.06. The molecule has 6 heterocycles. The van der Waals surface area contributed by atoms with E-state index in [2.05, 4.69) is 30.5 Å². The number of imidazole rings is 1. The first-order valence-corrected chi connectivity index (χ1v) is 11.5. The third-order valence-corrected chi connectivity index (χ3v) is 6.49. The van der Waals surface area contributed by atoms with Crippen LogP contribution in [0.15, 0.2) is 43.0 Å². The van der Waals surface area contributed by atoms with Gasteiger partial charge in [0, 0.05) is 44.1 Å². The summed E-state index contributed by atoms with van der Waals surface area (Å²) in [4.78, 5) is 28.5. The highest BCUT2D eigenvalue weighted by Gasteiger charge is 2.28. The molecule has 2 N–H and O–H groups in total. The Balaban J connectivity index is 1.30. The van der Waals surface area contributed by atoms with Crippen LogP contribution >= 0.6 is 0 Å². The number of hydrogen-bond acceptors (Lipinski definition) is 7. The summed E-state index contributed by atoms with van der Waals surface area (Å²) in [6.45, 7) is 6.20. The Morgan fingerprint density at radius 2 is 1.97 bits per heavy atom. The maximum absolute atomic E-state index is 14.5. The van der Waals surface area contributed by atoms with Crippen molar-refractivity contribution in [1.29, 1.82) is 0 Å². The van der Waals surface area contributed by atoms with Crippen molar-refractivity contribution < 1.29 is 13.9 Å². The van der Waals surface area contributed by atoms with E-state index in [1.807, 2.05) is 18.3 Å². The highest BCUT2D eigenvalue weighted by Crippen LogP contribution is 2.33. The van der Waals surface area contributed by atoms with Crippen LogP contribution in [0.3, 0.4) is 0 Å². The van der Waals surface area contributed by atoms with Gasteiger partial charge in [0.15, 0.2) is 11.5 Å². The molecule has 10 heteroatoms. The van der Waals surface area contributed by atoms with E-state index in [1.165, 1.54) is 0 Å². The first-order chi connectivity index (χ1) is 17.1. The predicted molar refractivity (Wildman–Crippen MR) is 128 cm³/mol. The summed E-state index contributed by atoms with van der Waals surface area (Å²) in [6.07, 6.45) is 6.81. The smallest absolute Gasteiger partial charge is 0.254 e. The van der Waals surface area contributed by atoms with Crippen molar-refractivity contribution in [2.75, 3.05) is 31.6 Å². The minimum Gasteiger partial charge on any atom is -0.379 e. The van der Waals surface area contributed by atoms with Crippen LogP contribution in [0, 0.1) is 12.7 Å². The molecule has 1 saturated heterocycles. The van der Waals surface area contributed by atoms with Gasteiger partial charge in [-0.2, -0.15) is 0 Å². The number of fused-ring (bicyclic) bond motifs is 2. The van der Waals surface area contributed by atoms with Gasteiger partial charge in [-0.3, -0.25) is 19.1 Å². The zero-order chi connectivity index (χ0) is 23.9. The standard InChI is InChI=1S/C25H24FN7O2/c1-15-4-5-33-19(13-29-24(33)22(15)26)23-17-11-30-25(34)21(17)18(12-28-23)31-20-3-2-16(10-27-20)14-32-6-8-35-9-7-32/h2-5,10,12-13H,6-9,11,14H2,1H3,(H,27,31)(H,30,34). The van der Waals surface area contributed by atoms with E-state index in [0.717, 1.165) is 44.0 Å². The summed E-state index contributed by atoms with van der Waals surface area (Å²) in [5.74, 6) is 0.0662. The lowest BCUT2D eigenvalue weighted by Crippen LogP contribution is -2.35. The van der Waals surface area contributed by atoms with Crippen LogP contribution in [0.1, 0.15) is 27.0 Å². The number of nitrogens with one attached hydrogen (secondary N) is 2. The summed E-state index contributed by atoms with van der Waals surface area (Å²) in [5, 5.41) is 6.12. The van der Waals surface area contributed by atoms with Crippen LogP contribution in [0.4, 0.5) is 15.9 Å². The molecule has 0 saturated carbocycles. The van der Waals surface area contributed by atoms with Gasteiger partial charge >= 0.3 is 0 Å². The van der Waals surface area contributed by atoms with Crippen molar-refractivity contribution in [2.24, 2.45) is 0 Å². The molecule has 178 valence electrons. The topological polar surface area (TPSA) is 96.7 Å². The van der Waals surface area contributed by atoms with Crippen LogP contribution < -0.4 is 10.6 Å².